The Morgan fingerprint density at radius 2 is 1.90 bits per heavy atom. The van der Waals surface area contributed by atoms with Gasteiger partial charge in [-0.05, 0) is 56.0 Å². The average Bonchev–Trinajstić information content (AvgIpc) is 3.30. The van der Waals surface area contributed by atoms with Crippen molar-refractivity contribution in [2.45, 2.75) is 33.2 Å². The van der Waals surface area contributed by atoms with E-state index < -0.39 is 5.97 Å². The van der Waals surface area contributed by atoms with Crippen LogP contribution in [0.15, 0.2) is 41.8 Å². The van der Waals surface area contributed by atoms with Crippen molar-refractivity contribution < 1.29 is 23.8 Å². The minimum atomic E-state index is -0.560. The van der Waals surface area contributed by atoms with Gasteiger partial charge in [-0.25, -0.2) is 4.79 Å². The van der Waals surface area contributed by atoms with Gasteiger partial charge in [-0.3, -0.25) is 4.79 Å². The topological polar surface area (TPSA) is 66.8 Å². The number of thiophene rings is 1. The highest BCUT2D eigenvalue weighted by molar-refractivity contribution is 7.09. The minimum absolute atomic E-state index is 0.210. The van der Waals surface area contributed by atoms with Gasteiger partial charge in [-0.15, -0.1) is 11.3 Å². The molecule has 0 aliphatic carbocycles. The molecule has 6 nitrogen and oxygen atoms in total. The van der Waals surface area contributed by atoms with E-state index in [9.17, 15) is 9.59 Å². The molecule has 0 saturated heterocycles. The third kappa shape index (κ3) is 4.82. The number of aryl methyl sites for hydroxylation is 2. The van der Waals surface area contributed by atoms with Gasteiger partial charge >= 0.3 is 5.97 Å². The number of fused-ring (bicyclic) bond motifs is 1. The van der Waals surface area contributed by atoms with Gasteiger partial charge in [0, 0.05) is 34.8 Å². The van der Waals surface area contributed by atoms with Crippen LogP contribution in [-0.4, -0.2) is 36.1 Å². The number of ether oxygens (including phenoxy) is 3. The number of carbonyl (C=O) groups is 2. The van der Waals surface area contributed by atoms with E-state index in [-0.39, 0.29) is 12.4 Å². The van der Waals surface area contributed by atoms with Crippen LogP contribution in [0, 0.1) is 13.8 Å². The maximum absolute atomic E-state index is 12.7. The first kappa shape index (κ1) is 21.2. The first-order valence-electron chi connectivity index (χ1n) is 10.3. The second kappa shape index (κ2) is 9.39. The lowest BCUT2D eigenvalue weighted by molar-refractivity contribution is 0.0474. The van der Waals surface area contributed by atoms with Crippen LogP contribution in [0.1, 0.15) is 43.4 Å². The summed E-state index contributed by atoms with van der Waals surface area (Å²) in [5.74, 6) is 0.362. The molecule has 0 unspecified atom stereocenters. The molecular formula is C24H25NO5S. The molecule has 0 N–H and O–H groups in total. The predicted octanol–water partition coefficient (Wildman–Crippen LogP) is 4.61. The van der Waals surface area contributed by atoms with E-state index in [1.807, 2.05) is 26.0 Å². The van der Waals surface area contributed by atoms with Crippen LogP contribution in [0.4, 0.5) is 0 Å². The largest absolute Gasteiger partial charge is 0.490 e. The molecule has 1 aliphatic heterocycles. The second-order valence-corrected chi connectivity index (χ2v) is 8.51. The Kier molecular flexibility index (Phi) is 6.42. The van der Waals surface area contributed by atoms with E-state index in [1.54, 1.807) is 29.5 Å². The molecule has 3 heterocycles. The van der Waals surface area contributed by atoms with Crippen LogP contribution in [0.3, 0.4) is 0 Å². The van der Waals surface area contributed by atoms with E-state index >= 15 is 0 Å². The number of ketones is 1. The number of aromatic nitrogens is 1. The Labute approximate surface area is 185 Å². The fourth-order valence-corrected chi connectivity index (χ4v) is 4.38. The van der Waals surface area contributed by atoms with Crippen molar-refractivity contribution in [3.63, 3.8) is 0 Å². The van der Waals surface area contributed by atoms with Gasteiger partial charge in [0.1, 0.15) is 0 Å². The van der Waals surface area contributed by atoms with Gasteiger partial charge in [0.25, 0.3) is 0 Å². The smallest absolute Gasteiger partial charge is 0.338 e. The van der Waals surface area contributed by atoms with E-state index in [2.05, 4.69) is 16.0 Å². The van der Waals surface area contributed by atoms with Gasteiger partial charge in [0.15, 0.2) is 18.1 Å². The molecule has 0 radical (unpaired) electrons. The van der Waals surface area contributed by atoms with Crippen molar-refractivity contribution in [3.8, 4) is 11.5 Å². The lowest BCUT2D eigenvalue weighted by Gasteiger charge is -2.10. The van der Waals surface area contributed by atoms with E-state index in [4.69, 9.17) is 14.2 Å². The molecule has 0 saturated carbocycles. The van der Waals surface area contributed by atoms with E-state index in [1.165, 1.54) is 4.88 Å². The van der Waals surface area contributed by atoms with Crippen LogP contribution in [0.2, 0.25) is 0 Å². The molecule has 0 amide bonds. The number of hydrogen-bond donors (Lipinski definition) is 0. The highest BCUT2D eigenvalue weighted by Crippen LogP contribution is 2.30. The Morgan fingerprint density at radius 3 is 2.68 bits per heavy atom. The molecule has 3 aromatic rings. The first-order chi connectivity index (χ1) is 15.0. The normalized spacial score (nSPS) is 13.0. The van der Waals surface area contributed by atoms with Crippen LogP contribution in [-0.2, 0) is 17.7 Å². The molecule has 4 rings (SSSR count). The summed E-state index contributed by atoms with van der Waals surface area (Å²) < 4.78 is 18.6. The number of Topliss-reactive ketones (excluding diaryl/α,β-unsaturated/α-hetero) is 1. The lowest BCUT2D eigenvalue weighted by atomic mass is 10.1. The van der Waals surface area contributed by atoms with E-state index in [0.29, 0.717) is 35.8 Å². The minimum Gasteiger partial charge on any atom is -0.490 e. The maximum Gasteiger partial charge on any atom is 0.338 e. The molecule has 0 fully saturated rings. The zero-order chi connectivity index (χ0) is 21.8. The summed E-state index contributed by atoms with van der Waals surface area (Å²) in [6.07, 6.45) is 1.70. The highest BCUT2D eigenvalue weighted by Gasteiger charge is 2.19. The molecule has 7 heteroatoms. The molecule has 0 spiro atoms. The Morgan fingerprint density at radius 1 is 1.10 bits per heavy atom. The van der Waals surface area contributed by atoms with Gasteiger partial charge in [-0.2, -0.15) is 0 Å². The second-order valence-electron chi connectivity index (χ2n) is 7.48. The van der Waals surface area contributed by atoms with Crippen molar-refractivity contribution in [1.29, 1.82) is 0 Å². The van der Waals surface area contributed by atoms with Crippen LogP contribution in [0.25, 0.3) is 0 Å². The van der Waals surface area contributed by atoms with Crippen LogP contribution in [0.5, 0.6) is 11.5 Å². The number of nitrogens with zero attached hydrogens (tertiary/aromatic N) is 1. The number of rotatable bonds is 7. The van der Waals surface area contributed by atoms with E-state index in [0.717, 1.165) is 30.8 Å². The third-order valence-electron chi connectivity index (χ3n) is 5.35. The average molecular weight is 440 g/mol. The van der Waals surface area contributed by atoms with Gasteiger partial charge in [-0.1, -0.05) is 6.07 Å². The summed E-state index contributed by atoms with van der Waals surface area (Å²) in [5.41, 5.74) is 2.84. The van der Waals surface area contributed by atoms with Crippen molar-refractivity contribution in [3.05, 3.63) is 69.2 Å². The molecule has 31 heavy (non-hydrogen) atoms. The molecular weight excluding hydrogens is 414 g/mol. The fraction of sp³-hybridized carbons (Fsp3) is 0.333. The number of benzene rings is 1. The van der Waals surface area contributed by atoms with Crippen molar-refractivity contribution in [2.75, 3.05) is 19.8 Å². The van der Waals surface area contributed by atoms with Crippen molar-refractivity contribution in [2.24, 2.45) is 0 Å². The Bertz CT molecular complexity index is 1080. The lowest BCUT2D eigenvalue weighted by Crippen LogP contribution is -2.15. The summed E-state index contributed by atoms with van der Waals surface area (Å²) in [4.78, 5) is 26.5. The number of esters is 1. The molecule has 2 aromatic heterocycles. The predicted molar refractivity (Wildman–Crippen MR) is 119 cm³/mol. The summed E-state index contributed by atoms with van der Waals surface area (Å²) in [7, 11) is 0. The maximum atomic E-state index is 12.7. The van der Waals surface area contributed by atoms with Gasteiger partial charge < -0.3 is 18.8 Å². The van der Waals surface area contributed by atoms with Crippen LogP contribution < -0.4 is 9.47 Å². The first-order valence-corrected chi connectivity index (χ1v) is 11.2. The molecule has 0 bridgehead atoms. The van der Waals surface area contributed by atoms with Gasteiger partial charge in [0.2, 0.25) is 5.78 Å². The number of hydrogen-bond acceptors (Lipinski definition) is 6. The number of carbonyl (C=O) groups excluding carboxylic acids is 2. The highest BCUT2D eigenvalue weighted by atomic mass is 32.1. The summed E-state index contributed by atoms with van der Waals surface area (Å²) in [6.45, 7) is 5.54. The Hall–Kier alpha value is -3.06. The van der Waals surface area contributed by atoms with Gasteiger partial charge in [0.05, 0.1) is 18.8 Å². The zero-order valence-corrected chi connectivity index (χ0v) is 18.5. The summed E-state index contributed by atoms with van der Waals surface area (Å²) in [6, 6.07) is 10.9. The van der Waals surface area contributed by atoms with Crippen molar-refractivity contribution >= 4 is 23.1 Å². The Balaban J connectivity index is 1.39. The fourth-order valence-electron chi connectivity index (χ4n) is 3.69. The summed E-state index contributed by atoms with van der Waals surface area (Å²) >= 11 is 1.73. The monoisotopic (exact) mass is 439 g/mol. The quantitative estimate of drug-likeness (QED) is 0.397. The molecule has 1 aliphatic rings. The standard InChI is InChI=1S/C24H25NO5S/c1-16-13-20(17(2)25(16)9-8-19-5-3-12-31-19)21(26)15-30-24(27)18-6-7-22-23(14-18)29-11-4-10-28-22/h3,5-7,12-14H,4,8-11,15H2,1-2H3. The third-order valence-corrected chi connectivity index (χ3v) is 6.29. The van der Waals surface area contributed by atoms with Crippen molar-refractivity contribution in [1.82, 2.24) is 4.57 Å². The molecule has 0 atom stereocenters. The molecule has 1 aromatic carbocycles. The zero-order valence-electron chi connectivity index (χ0n) is 17.7. The van der Waals surface area contributed by atoms with Crippen LogP contribution >= 0.6 is 11.3 Å². The summed E-state index contributed by atoms with van der Waals surface area (Å²) in [5, 5.41) is 2.07. The molecule has 162 valence electrons. The SMILES string of the molecule is Cc1cc(C(=O)COC(=O)c2ccc3c(c2)OCCCO3)c(C)n1CCc1cccs1.